The fourth-order valence-electron chi connectivity index (χ4n) is 6.16. The summed E-state index contributed by atoms with van der Waals surface area (Å²) in [6, 6.07) is 15.5. The van der Waals surface area contributed by atoms with Gasteiger partial charge in [0.2, 0.25) is 0 Å². The normalized spacial score (nSPS) is 20.7. The van der Waals surface area contributed by atoms with E-state index in [9.17, 15) is 33.9 Å². The number of aromatic nitrogens is 3. The molecule has 3 aromatic rings. The summed E-state index contributed by atoms with van der Waals surface area (Å²) in [5, 5.41) is 17.7. The summed E-state index contributed by atoms with van der Waals surface area (Å²) in [6.07, 6.45) is -6.55. The largest absolute Gasteiger partial charge is 0.480 e. The minimum Gasteiger partial charge on any atom is -0.480 e. The number of carboxylic acid groups (broad SMARTS) is 1. The quantitative estimate of drug-likeness (QED) is 0.211. The molecule has 51 heavy (non-hydrogen) atoms. The van der Waals surface area contributed by atoms with Gasteiger partial charge in [-0.3, -0.25) is 28.9 Å². The highest BCUT2D eigenvalue weighted by molar-refractivity contribution is 5.80. The van der Waals surface area contributed by atoms with Gasteiger partial charge < -0.3 is 33.5 Å². The predicted molar refractivity (Wildman–Crippen MR) is 170 cm³/mol. The third-order valence-electron chi connectivity index (χ3n) is 8.06. The molecule has 2 heterocycles. The van der Waals surface area contributed by atoms with Gasteiger partial charge in [-0.05, 0) is 22.3 Å². The highest BCUT2D eigenvalue weighted by Crippen LogP contribution is 2.44. The molecule has 2 aromatic carbocycles. The summed E-state index contributed by atoms with van der Waals surface area (Å²) >= 11 is 0. The molecule has 0 unspecified atom stereocenters. The van der Waals surface area contributed by atoms with E-state index in [1.807, 2.05) is 48.5 Å². The Hall–Kier alpha value is -5.84. The van der Waals surface area contributed by atoms with E-state index in [4.69, 9.17) is 28.4 Å². The fourth-order valence-corrected chi connectivity index (χ4v) is 6.16. The number of carboxylic acids is 1. The SMILES string of the molecule is CC(=O)OC[C@H]1O[C@@H](n2cc(CN(CC(=O)O)C(=O)OCC3c4ccccc4-c4ccccc43)nn2)[C@H](OC(C)=O)[C@@H](OC(C)=O)[C@H]1OC(C)=O. The average Bonchev–Trinajstić information content (AvgIpc) is 3.66. The molecule has 1 aliphatic carbocycles. The number of ether oxygens (including phenoxy) is 6. The van der Waals surface area contributed by atoms with Crippen molar-refractivity contribution in [1.82, 2.24) is 19.9 Å². The molecule has 0 spiro atoms. The molecule has 0 bridgehead atoms. The first-order chi connectivity index (χ1) is 24.3. The summed E-state index contributed by atoms with van der Waals surface area (Å²) in [6.45, 7) is 2.83. The van der Waals surface area contributed by atoms with Crippen molar-refractivity contribution in [2.75, 3.05) is 19.8 Å². The van der Waals surface area contributed by atoms with Crippen molar-refractivity contribution in [3.05, 3.63) is 71.5 Å². The Bertz CT molecular complexity index is 1760. The maximum Gasteiger partial charge on any atom is 0.410 e. The van der Waals surface area contributed by atoms with Crippen LogP contribution in [0.25, 0.3) is 11.1 Å². The lowest BCUT2D eigenvalue weighted by Crippen LogP contribution is -2.60. The lowest BCUT2D eigenvalue weighted by molar-refractivity contribution is -0.270. The molecule has 0 radical (unpaired) electrons. The van der Waals surface area contributed by atoms with Crippen LogP contribution in [0.1, 0.15) is 56.7 Å². The van der Waals surface area contributed by atoms with E-state index in [1.165, 1.54) is 6.20 Å². The van der Waals surface area contributed by atoms with Crippen molar-refractivity contribution in [3.63, 3.8) is 0 Å². The molecule has 1 N–H and O–H groups in total. The summed E-state index contributed by atoms with van der Waals surface area (Å²) in [7, 11) is 0. The molecule has 1 aromatic heterocycles. The van der Waals surface area contributed by atoms with Crippen LogP contribution in [0.3, 0.4) is 0 Å². The lowest BCUT2D eigenvalue weighted by atomic mass is 9.97. The number of carbonyl (C=O) groups excluding carboxylic acids is 5. The zero-order valence-electron chi connectivity index (χ0n) is 28.1. The van der Waals surface area contributed by atoms with Gasteiger partial charge in [0.15, 0.2) is 24.5 Å². The van der Waals surface area contributed by atoms with Gasteiger partial charge in [0.25, 0.3) is 0 Å². The zero-order valence-corrected chi connectivity index (χ0v) is 28.1. The first-order valence-corrected chi connectivity index (χ1v) is 15.8. The first kappa shape index (κ1) is 36.4. The standard InChI is InChI=1S/C34H36N4O13/c1-18(39)46-17-28-30(48-19(2)40)31(49-20(3)41)32(50-21(4)42)33(51-28)38-14-22(35-36-38)13-37(15-29(43)44)34(45)47-16-27-25-11-7-5-9-23(25)24-10-6-8-12-26(24)27/h5-12,14,27-28,30-33H,13,15-17H2,1-4H3,(H,43,44)/t28-,30+,31+,32-,33-/m1/s1. The number of aliphatic carboxylic acids is 1. The van der Waals surface area contributed by atoms with Gasteiger partial charge in [0.1, 0.15) is 31.6 Å². The lowest BCUT2D eigenvalue weighted by Gasteiger charge is -2.44. The number of fused-ring (bicyclic) bond motifs is 3. The van der Waals surface area contributed by atoms with Crippen molar-refractivity contribution in [2.45, 2.75) is 70.8 Å². The Labute approximate surface area is 291 Å². The fraction of sp³-hybridized carbons (Fsp3) is 0.412. The third kappa shape index (κ3) is 8.67. The Kier molecular flexibility index (Phi) is 11.3. The third-order valence-corrected chi connectivity index (χ3v) is 8.06. The molecule has 1 fully saturated rings. The van der Waals surface area contributed by atoms with Gasteiger partial charge in [-0.15, -0.1) is 5.10 Å². The molecule has 5 atom stereocenters. The van der Waals surface area contributed by atoms with E-state index >= 15 is 0 Å². The molecular formula is C34H36N4O13. The van der Waals surface area contributed by atoms with Gasteiger partial charge in [0, 0.05) is 33.6 Å². The van der Waals surface area contributed by atoms with E-state index in [-0.39, 0.29) is 24.8 Å². The molecule has 0 saturated carbocycles. The molecule has 5 rings (SSSR count). The minimum absolute atomic E-state index is 0.0551. The minimum atomic E-state index is -1.46. The van der Waals surface area contributed by atoms with Crippen LogP contribution < -0.4 is 0 Å². The molecule has 17 heteroatoms. The second-order valence-electron chi connectivity index (χ2n) is 11.8. The van der Waals surface area contributed by atoms with Crippen molar-refractivity contribution in [1.29, 1.82) is 0 Å². The maximum absolute atomic E-state index is 13.4. The highest BCUT2D eigenvalue weighted by atomic mass is 16.7. The summed E-state index contributed by atoms with van der Waals surface area (Å²) in [4.78, 5) is 74.1. The van der Waals surface area contributed by atoms with Crippen LogP contribution in [-0.2, 0) is 58.9 Å². The Balaban J connectivity index is 1.38. The van der Waals surface area contributed by atoms with Crippen LogP contribution >= 0.6 is 0 Å². The number of nitrogens with zero attached hydrogens (tertiary/aromatic N) is 4. The number of carbonyl (C=O) groups is 6. The van der Waals surface area contributed by atoms with Crippen molar-refractivity contribution in [3.8, 4) is 11.1 Å². The second-order valence-corrected chi connectivity index (χ2v) is 11.8. The van der Waals surface area contributed by atoms with Gasteiger partial charge in [-0.1, -0.05) is 53.7 Å². The second kappa shape index (κ2) is 15.8. The van der Waals surface area contributed by atoms with E-state index in [1.54, 1.807) is 0 Å². The van der Waals surface area contributed by atoms with Crippen LogP contribution in [-0.4, -0.2) is 105 Å². The van der Waals surface area contributed by atoms with Crippen molar-refractivity contribution >= 4 is 35.9 Å². The number of hydrogen-bond acceptors (Lipinski definition) is 14. The number of benzene rings is 2. The Morgan fingerprint density at radius 3 is 1.90 bits per heavy atom. The van der Waals surface area contributed by atoms with E-state index < -0.39 is 79.7 Å². The van der Waals surface area contributed by atoms with Gasteiger partial charge in [-0.2, -0.15) is 0 Å². The Morgan fingerprint density at radius 1 is 0.765 bits per heavy atom. The topological polar surface area (TPSA) is 212 Å². The number of hydrogen-bond donors (Lipinski definition) is 1. The zero-order chi connectivity index (χ0) is 36.8. The summed E-state index contributed by atoms with van der Waals surface area (Å²) in [5.74, 6) is -4.67. The molecule has 1 aliphatic heterocycles. The number of amides is 1. The van der Waals surface area contributed by atoms with Gasteiger partial charge in [0.05, 0.1) is 12.7 Å². The summed E-state index contributed by atoms with van der Waals surface area (Å²) < 4.78 is 34.3. The van der Waals surface area contributed by atoms with E-state index in [2.05, 4.69) is 10.3 Å². The van der Waals surface area contributed by atoms with Crippen molar-refractivity contribution < 1.29 is 62.3 Å². The van der Waals surface area contributed by atoms with Crippen LogP contribution in [0.15, 0.2) is 54.7 Å². The summed E-state index contributed by atoms with van der Waals surface area (Å²) in [5.41, 5.74) is 4.08. The maximum atomic E-state index is 13.4. The van der Waals surface area contributed by atoms with Gasteiger partial charge >= 0.3 is 35.9 Å². The highest BCUT2D eigenvalue weighted by Gasteiger charge is 2.53. The number of rotatable bonds is 12. The van der Waals surface area contributed by atoms with Crippen molar-refractivity contribution in [2.24, 2.45) is 0 Å². The average molecular weight is 709 g/mol. The smallest absolute Gasteiger partial charge is 0.410 e. The van der Waals surface area contributed by atoms with Crippen LogP contribution in [0.2, 0.25) is 0 Å². The molecule has 17 nitrogen and oxygen atoms in total. The monoisotopic (exact) mass is 708 g/mol. The molecule has 270 valence electrons. The van der Waals surface area contributed by atoms with E-state index in [0.29, 0.717) is 0 Å². The van der Waals surface area contributed by atoms with Crippen LogP contribution in [0.4, 0.5) is 4.79 Å². The molecule has 1 saturated heterocycles. The van der Waals surface area contributed by atoms with E-state index in [0.717, 1.165) is 59.5 Å². The van der Waals surface area contributed by atoms with Crippen LogP contribution in [0, 0.1) is 0 Å². The molecular weight excluding hydrogens is 672 g/mol. The first-order valence-electron chi connectivity index (χ1n) is 15.8. The number of esters is 4. The molecule has 1 amide bonds. The van der Waals surface area contributed by atoms with Crippen LogP contribution in [0.5, 0.6) is 0 Å². The van der Waals surface area contributed by atoms with Gasteiger partial charge in [-0.25, -0.2) is 9.48 Å². The molecule has 2 aliphatic rings. The predicted octanol–water partition coefficient (Wildman–Crippen LogP) is 2.37. The Morgan fingerprint density at radius 2 is 1.33 bits per heavy atom.